The van der Waals surface area contributed by atoms with Crippen molar-refractivity contribution in [3.63, 3.8) is 0 Å². The second kappa shape index (κ2) is 5.59. The van der Waals surface area contributed by atoms with Crippen LogP contribution in [0.3, 0.4) is 0 Å². The van der Waals surface area contributed by atoms with Crippen molar-refractivity contribution in [3.05, 3.63) is 62.9 Å². The molecule has 21 heavy (non-hydrogen) atoms. The third-order valence-corrected chi connectivity index (χ3v) is 5.09. The topological polar surface area (TPSA) is 29.1 Å². The lowest BCUT2D eigenvalue weighted by atomic mass is 10.0. The minimum absolute atomic E-state index is 0.0603. The molecule has 0 fully saturated rings. The van der Waals surface area contributed by atoms with Crippen molar-refractivity contribution in [1.82, 2.24) is 0 Å². The van der Waals surface area contributed by atoms with Gasteiger partial charge in [0.25, 0.3) is 0 Å². The zero-order valence-electron chi connectivity index (χ0n) is 10.6. The van der Waals surface area contributed by atoms with E-state index in [0.717, 1.165) is 16.8 Å². The van der Waals surface area contributed by atoms with Crippen LogP contribution in [0.4, 0.5) is 10.1 Å². The molecular weight excluding hydrogens is 380 g/mol. The van der Waals surface area contributed by atoms with Crippen LogP contribution in [0.5, 0.6) is 0 Å². The molecule has 0 aromatic heterocycles. The maximum Gasteiger partial charge on any atom is 0.228 e. The molecule has 1 aliphatic rings. The van der Waals surface area contributed by atoms with E-state index in [4.69, 9.17) is 23.2 Å². The van der Waals surface area contributed by atoms with Crippen LogP contribution in [0.25, 0.3) is 0 Å². The number of nitrogens with one attached hydrogen (secondary N) is 1. The van der Waals surface area contributed by atoms with E-state index in [0.29, 0.717) is 17.0 Å². The SMILES string of the molecule is O=C1Cc2cc(C(Br)c3cccc(F)c3Cl)c(Cl)cc2N1. The second-order valence-electron chi connectivity index (χ2n) is 4.76. The van der Waals surface area contributed by atoms with Crippen molar-refractivity contribution in [3.8, 4) is 0 Å². The summed E-state index contributed by atoms with van der Waals surface area (Å²) in [4.78, 5) is 11.1. The minimum Gasteiger partial charge on any atom is -0.325 e. The van der Waals surface area contributed by atoms with Gasteiger partial charge in [0.15, 0.2) is 0 Å². The average molecular weight is 389 g/mol. The normalized spacial score (nSPS) is 14.8. The number of rotatable bonds is 2. The Labute approximate surface area is 139 Å². The third kappa shape index (κ3) is 2.68. The number of benzene rings is 2. The Kier molecular flexibility index (Phi) is 3.95. The standard InChI is InChI=1S/C15H9BrCl2FNO/c16-14(8-2-1-3-11(19)15(8)18)9-4-7-5-13(21)20-12(7)6-10(9)17/h1-4,6,14H,5H2,(H,20,21). The van der Waals surface area contributed by atoms with E-state index in [1.165, 1.54) is 6.07 Å². The molecule has 2 aromatic rings. The molecule has 0 saturated heterocycles. The van der Waals surface area contributed by atoms with E-state index in [1.54, 1.807) is 18.2 Å². The van der Waals surface area contributed by atoms with Crippen LogP contribution in [-0.2, 0) is 11.2 Å². The molecule has 1 heterocycles. The predicted molar refractivity (Wildman–Crippen MR) is 86.0 cm³/mol. The van der Waals surface area contributed by atoms with Crippen LogP contribution in [0, 0.1) is 5.82 Å². The number of halogens is 4. The van der Waals surface area contributed by atoms with E-state index >= 15 is 0 Å². The molecule has 1 unspecified atom stereocenters. The number of alkyl halides is 1. The minimum atomic E-state index is -0.479. The van der Waals surface area contributed by atoms with Gasteiger partial charge in [-0.05, 0) is 28.8 Å². The molecule has 1 amide bonds. The molecule has 2 nitrogen and oxygen atoms in total. The number of hydrogen-bond acceptors (Lipinski definition) is 1. The van der Waals surface area contributed by atoms with Crippen LogP contribution in [0.1, 0.15) is 21.5 Å². The molecule has 0 bridgehead atoms. The molecular formula is C15H9BrCl2FNO. The molecule has 0 aliphatic carbocycles. The molecule has 1 N–H and O–H groups in total. The fraction of sp³-hybridized carbons (Fsp3) is 0.133. The summed E-state index contributed by atoms with van der Waals surface area (Å²) in [6.45, 7) is 0. The summed E-state index contributed by atoms with van der Waals surface area (Å²) in [5, 5.41) is 3.28. The molecule has 1 aliphatic heterocycles. The summed E-state index contributed by atoms with van der Waals surface area (Å²) >= 11 is 15.8. The number of fused-ring (bicyclic) bond motifs is 1. The maximum atomic E-state index is 13.6. The lowest BCUT2D eigenvalue weighted by Gasteiger charge is -2.16. The van der Waals surface area contributed by atoms with Crippen molar-refractivity contribution in [2.75, 3.05) is 5.32 Å². The molecule has 3 rings (SSSR count). The predicted octanol–water partition coefficient (Wildman–Crippen LogP) is 5.11. The number of amides is 1. The average Bonchev–Trinajstić information content (AvgIpc) is 2.79. The lowest BCUT2D eigenvalue weighted by molar-refractivity contribution is -0.115. The fourth-order valence-corrected chi connectivity index (χ4v) is 3.88. The van der Waals surface area contributed by atoms with Crippen LogP contribution in [0.2, 0.25) is 10.0 Å². The van der Waals surface area contributed by atoms with Gasteiger partial charge in [0.05, 0.1) is 16.3 Å². The summed E-state index contributed by atoms with van der Waals surface area (Å²) in [7, 11) is 0. The highest BCUT2D eigenvalue weighted by Crippen LogP contribution is 2.41. The highest BCUT2D eigenvalue weighted by atomic mass is 79.9. The monoisotopic (exact) mass is 387 g/mol. The van der Waals surface area contributed by atoms with Gasteiger partial charge in [-0.15, -0.1) is 0 Å². The van der Waals surface area contributed by atoms with Gasteiger partial charge < -0.3 is 5.32 Å². The number of hydrogen-bond donors (Lipinski definition) is 1. The van der Waals surface area contributed by atoms with E-state index in [-0.39, 0.29) is 15.8 Å². The fourth-order valence-electron chi connectivity index (χ4n) is 2.35. The van der Waals surface area contributed by atoms with Crippen LogP contribution < -0.4 is 5.32 Å². The Bertz CT molecular complexity index is 751. The van der Waals surface area contributed by atoms with Gasteiger partial charge in [-0.1, -0.05) is 57.3 Å². The summed E-state index contributed by atoms with van der Waals surface area (Å²) in [5.74, 6) is -0.541. The lowest BCUT2D eigenvalue weighted by Crippen LogP contribution is -2.03. The van der Waals surface area contributed by atoms with Crippen LogP contribution in [0.15, 0.2) is 30.3 Å². The molecule has 0 spiro atoms. The Morgan fingerprint density at radius 3 is 2.76 bits per heavy atom. The molecule has 0 radical (unpaired) electrons. The zero-order chi connectivity index (χ0) is 15.1. The van der Waals surface area contributed by atoms with Gasteiger partial charge in [0.2, 0.25) is 5.91 Å². The van der Waals surface area contributed by atoms with E-state index in [1.807, 2.05) is 6.07 Å². The van der Waals surface area contributed by atoms with Gasteiger partial charge in [-0.25, -0.2) is 4.39 Å². The molecule has 2 aromatic carbocycles. The van der Waals surface area contributed by atoms with E-state index < -0.39 is 5.82 Å². The van der Waals surface area contributed by atoms with Gasteiger partial charge in [0.1, 0.15) is 5.82 Å². The van der Waals surface area contributed by atoms with Gasteiger partial charge in [-0.3, -0.25) is 4.79 Å². The van der Waals surface area contributed by atoms with Crippen molar-refractivity contribution in [2.45, 2.75) is 11.2 Å². The molecule has 1 atom stereocenters. The quantitative estimate of drug-likeness (QED) is 0.711. The summed E-state index contributed by atoms with van der Waals surface area (Å²) in [5.41, 5.74) is 2.94. The highest BCUT2D eigenvalue weighted by Gasteiger charge is 2.24. The number of carbonyl (C=O) groups is 1. The first-order valence-electron chi connectivity index (χ1n) is 6.17. The van der Waals surface area contributed by atoms with Gasteiger partial charge >= 0.3 is 0 Å². The smallest absolute Gasteiger partial charge is 0.228 e. The Morgan fingerprint density at radius 1 is 1.24 bits per heavy atom. The van der Waals surface area contributed by atoms with Crippen molar-refractivity contribution in [2.24, 2.45) is 0 Å². The van der Waals surface area contributed by atoms with Gasteiger partial charge in [0, 0.05) is 10.7 Å². The number of anilines is 1. The third-order valence-electron chi connectivity index (χ3n) is 3.38. The maximum absolute atomic E-state index is 13.6. The summed E-state index contributed by atoms with van der Waals surface area (Å²) in [6, 6.07) is 8.18. The van der Waals surface area contributed by atoms with Crippen LogP contribution >= 0.6 is 39.1 Å². The summed E-state index contributed by atoms with van der Waals surface area (Å²) in [6.07, 6.45) is 0.316. The molecule has 108 valence electrons. The highest BCUT2D eigenvalue weighted by molar-refractivity contribution is 9.09. The largest absolute Gasteiger partial charge is 0.325 e. The van der Waals surface area contributed by atoms with E-state index in [9.17, 15) is 9.18 Å². The Hall–Kier alpha value is -1.10. The zero-order valence-corrected chi connectivity index (χ0v) is 13.7. The first kappa shape index (κ1) is 14.8. The molecule has 0 saturated carbocycles. The van der Waals surface area contributed by atoms with Crippen molar-refractivity contribution < 1.29 is 9.18 Å². The first-order valence-corrected chi connectivity index (χ1v) is 7.84. The van der Waals surface area contributed by atoms with Crippen molar-refractivity contribution >= 4 is 50.7 Å². The van der Waals surface area contributed by atoms with Gasteiger partial charge in [-0.2, -0.15) is 0 Å². The second-order valence-corrected chi connectivity index (χ2v) is 6.46. The van der Waals surface area contributed by atoms with E-state index in [2.05, 4.69) is 21.2 Å². The van der Waals surface area contributed by atoms with Crippen LogP contribution in [-0.4, -0.2) is 5.91 Å². The Morgan fingerprint density at radius 2 is 2.00 bits per heavy atom. The Balaban J connectivity index is 2.06. The first-order chi connectivity index (χ1) is 9.97. The molecule has 6 heteroatoms. The summed E-state index contributed by atoms with van der Waals surface area (Å²) < 4.78 is 13.6. The number of carbonyl (C=O) groups excluding carboxylic acids is 1. The van der Waals surface area contributed by atoms with Crippen molar-refractivity contribution in [1.29, 1.82) is 0 Å².